The summed E-state index contributed by atoms with van der Waals surface area (Å²) >= 11 is 6.18. The summed E-state index contributed by atoms with van der Waals surface area (Å²) in [6, 6.07) is 26.5. The van der Waals surface area contributed by atoms with Crippen LogP contribution in [-0.2, 0) is 22.8 Å². The maximum Gasteiger partial charge on any atom is 0.335 e. The van der Waals surface area contributed by atoms with E-state index in [1.54, 1.807) is 56.5 Å². The summed E-state index contributed by atoms with van der Waals surface area (Å²) in [6.07, 6.45) is 1.43. The molecule has 0 spiro atoms. The molecule has 0 aromatic heterocycles. The minimum Gasteiger partial charge on any atom is -0.493 e. The molecule has 5 rings (SSSR count). The van der Waals surface area contributed by atoms with Crippen LogP contribution in [0.4, 0.5) is 10.5 Å². The van der Waals surface area contributed by atoms with Gasteiger partial charge in [-0.05, 0) is 71.7 Å². The van der Waals surface area contributed by atoms with E-state index in [0.717, 1.165) is 16.0 Å². The number of benzene rings is 4. The molecular formula is C33H27ClN2O6. The summed E-state index contributed by atoms with van der Waals surface area (Å²) in [5.41, 5.74) is 3.20. The van der Waals surface area contributed by atoms with E-state index in [9.17, 15) is 14.4 Å². The number of hydrogen-bond donors (Lipinski definition) is 1. The van der Waals surface area contributed by atoms with Crippen molar-refractivity contribution in [3.63, 3.8) is 0 Å². The molecular weight excluding hydrogens is 556 g/mol. The molecule has 1 fully saturated rings. The number of amides is 4. The molecule has 42 heavy (non-hydrogen) atoms. The zero-order valence-electron chi connectivity index (χ0n) is 22.9. The van der Waals surface area contributed by atoms with Crippen LogP contribution in [0.2, 0.25) is 5.02 Å². The van der Waals surface area contributed by atoms with Crippen LogP contribution < -0.4 is 24.4 Å². The van der Waals surface area contributed by atoms with E-state index in [0.29, 0.717) is 45.7 Å². The van der Waals surface area contributed by atoms with Crippen molar-refractivity contribution in [2.24, 2.45) is 0 Å². The summed E-state index contributed by atoms with van der Waals surface area (Å²) in [6.45, 7) is 2.41. The Hall–Kier alpha value is -5.08. The Morgan fingerprint density at radius 1 is 0.810 bits per heavy atom. The van der Waals surface area contributed by atoms with E-state index in [4.69, 9.17) is 25.8 Å². The van der Waals surface area contributed by atoms with E-state index in [1.807, 2.05) is 48.5 Å². The predicted molar refractivity (Wildman–Crippen MR) is 160 cm³/mol. The van der Waals surface area contributed by atoms with Crippen molar-refractivity contribution in [1.29, 1.82) is 0 Å². The van der Waals surface area contributed by atoms with Crippen molar-refractivity contribution < 1.29 is 28.6 Å². The van der Waals surface area contributed by atoms with Gasteiger partial charge in [0.15, 0.2) is 11.5 Å². The van der Waals surface area contributed by atoms with Gasteiger partial charge in [-0.15, -0.1) is 0 Å². The fourth-order valence-electron chi connectivity index (χ4n) is 4.36. The summed E-state index contributed by atoms with van der Waals surface area (Å²) in [5, 5.41) is 2.63. The largest absolute Gasteiger partial charge is 0.493 e. The number of urea groups is 1. The highest BCUT2D eigenvalue weighted by atomic mass is 35.5. The van der Waals surface area contributed by atoms with Gasteiger partial charge in [0.05, 0.1) is 12.8 Å². The molecule has 1 aliphatic heterocycles. The summed E-state index contributed by atoms with van der Waals surface area (Å²) in [7, 11) is 1.59. The lowest BCUT2D eigenvalue weighted by molar-refractivity contribution is -0.122. The molecule has 0 atom stereocenters. The predicted octanol–water partition coefficient (Wildman–Crippen LogP) is 6.48. The number of ether oxygens (including phenoxy) is 3. The topological polar surface area (TPSA) is 94.2 Å². The van der Waals surface area contributed by atoms with Gasteiger partial charge in [-0.2, -0.15) is 0 Å². The van der Waals surface area contributed by atoms with Crippen molar-refractivity contribution in [1.82, 2.24) is 5.32 Å². The first-order valence-corrected chi connectivity index (χ1v) is 13.4. The lowest BCUT2D eigenvalue weighted by Crippen LogP contribution is -2.54. The zero-order valence-corrected chi connectivity index (χ0v) is 23.7. The molecule has 4 amide bonds. The monoisotopic (exact) mass is 582 g/mol. The van der Waals surface area contributed by atoms with Crippen molar-refractivity contribution >= 4 is 41.2 Å². The number of rotatable bonds is 9. The summed E-state index contributed by atoms with van der Waals surface area (Å²) in [4.78, 5) is 39.2. The van der Waals surface area contributed by atoms with E-state index in [1.165, 1.54) is 6.08 Å². The third kappa shape index (κ3) is 6.29. The number of nitrogens with zero attached hydrogens (tertiary/aromatic N) is 1. The first kappa shape index (κ1) is 28.4. The van der Waals surface area contributed by atoms with Crippen molar-refractivity contribution in [3.8, 4) is 17.2 Å². The number of hydrogen-bond acceptors (Lipinski definition) is 6. The van der Waals surface area contributed by atoms with Gasteiger partial charge >= 0.3 is 6.03 Å². The average Bonchev–Trinajstić information content (AvgIpc) is 3.00. The number of carbonyl (C=O) groups is 3. The van der Waals surface area contributed by atoms with Crippen LogP contribution >= 0.6 is 11.6 Å². The molecule has 1 heterocycles. The second kappa shape index (κ2) is 12.6. The van der Waals surface area contributed by atoms with Gasteiger partial charge in [0, 0.05) is 5.02 Å². The van der Waals surface area contributed by atoms with Crippen molar-refractivity contribution in [2.45, 2.75) is 20.1 Å². The highest BCUT2D eigenvalue weighted by Gasteiger charge is 2.37. The van der Waals surface area contributed by atoms with Gasteiger partial charge < -0.3 is 14.2 Å². The molecule has 0 unspecified atom stereocenters. The van der Waals surface area contributed by atoms with Crippen molar-refractivity contribution in [3.05, 3.63) is 124 Å². The second-order valence-electron chi connectivity index (χ2n) is 9.46. The molecule has 212 valence electrons. The van der Waals surface area contributed by atoms with Gasteiger partial charge in [0.25, 0.3) is 11.8 Å². The molecule has 0 saturated carbocycles. The lowest BCUT2D eigenvalue weighted by Gasteiger charge is -2.27. The average molecular weight is 583 g/mol. The molecule has 0 radical (unpaired) electrons. The Bertz CT molecular complexity index is 1670. The molecule has 0 bridgehead atoms. The van der Waals surface area contributed by atoms with Crippen LogP contribution in [0, 0.1) is 6.92 Å². The van der Waals surface area contributed by atoms with E-state index in [2.05, 4.69) is 5.32 Å². The first-order chi connectivity index (χ1) is 20.3. The first-order valence-electron chi connectivity index (χ1n) is 13.1. The molecule has 8 nitrogen and oxygen atoms in total. The van der Waals surface area contributed by atoms with Crippen LogP contribution in [0.15, 0.2) is 96.6 Å². The third-order valence-corrected chi connectivity index (χ3v) is 7.05. The van der Waals surface area contributed by atoms with Crippen molar-refractivity contribution in [2.75, 3.05) is 12.0 Å². The molecule has 1 N–H and O–H groups in total. The highest BCUT2D eigenvalue weighted by Crippen LogP contribution is 2.31. The third-order valence-electron chi connectivity index (χ3n) is 6.64. The number of nitrogens with one attached hydrogen (secondary N) is 1. The maximum absolute atomic E-state index is 13.2. The quantitative estimate of drug-likeness (QED) is 0.179. The minimum absolute atomic E-state index is 0.177. The van der Waals surface area contributed by atoms with Crippen LogP contribution in [0.1, 0.15) is 22.3 Å². The SMILES string of the molecule is COc1cc(COc2ccc(/C=C3/C(=O)NC(=O)N(c4cccc(Cl)c4C)C3=O)cc2)ccc1OCc1ccccc1. The summed E-state index contributed by atoms with van der Waals surface area (Å²) in [5.74, 6) is 0.316. The van der Waals surface area contributed by atoms with Crippen LogP contribution in [0.5, 0.6) is 17.2 Å². The second-order valence-corrected chi connectivity index (χ2v) is 9.87. The van der Waals surface area contributed by atoms with Gasteiger partial charge in [-0.25, -0.2) is 9.69 Å². The molecule has 0 aliphatic carbocycles. The maximum atomic E-state index is 13.2. The normalized spacial score (nSPS) is 14.1. The Morgan fingerprint density at radius 3 is 2.29 bits per heavy atom. The van der Waals surface area contributed by atoms with Crippen LogP contribution in [-0.4, -0.2) is 25.0 Å². The molecule has 4 aromatic rings. The van der Waals surface area contributed by atoms with Gasteiger partial charge in [-0.1, -0.05) is 66.2 Å². The Labute approximate surface area is 248 Å². The highest BCUT2D eigenvalue weighted by molar-refractivity contribution is 6.39. The van der Waals surface area contributed by atoms with E-state index in [-0.39, 0.29) is 12.2 Å². The van der Waals surface area contributed by atoms with Gasteiger partial charge in [-0.3, -0.25) is 14.9 Å². The van der Waals surface area contributed by atoms with Gasteiger partial charge in [0.1, 0.15) is 24.5 Å². The number of barbiturate groups is 1. The number of anilines is 1. The molecule has 1 aliphatic rings. The number of halogens is 1. The van der Waals surface area contributed by atoms with E-state index >= 15 is 0 Å². The Morgan fingerprint density at radius 2 is 1.55 bits per heavy atom. The Balaban J connectivity index is 1.25. The zero-order chi connectivity index (χ0) is 29.6. The minimum atomic E-state index is -0.830. The number of carbonyl (C=O) groups excluding carboxylic acids is 3. The van der Waals surface area contributed by atoms with Crippen LogP contribution in [0.3, 0.4) is 0 Å². The number of methoxy groups -OCH3 is 1. The molecule has 4 aromatic carbocycles. The van der Waals surface area contributed by atoms with Gasteiger partial charge in [0.2, 0.25) is 0 Å². The number of imide groups is 2. The van der Waals surface area contributed by atoms with Crippen LogP contribution in [0.25, 0.3) is 6.08 Å². The Kier molecular flexibility index (Phi) is 8.55. The standard InChI is InChI=1S/C33H27ClN2O6/c1-21-27(34)9-6-10-28(21)36-32(38)26(31(37)35-33(36)39)17-22-11-14-25(15-12-22)41-20-24-13-16-29(30(18-24)40-2)42-19-23-7-4-3-5-8-23/h3-18H,19-20H2,1-2H3,(H,35,37,39)/b26-17-. The van der Waals surface area contributed by atoms with E-state index < -0.39 is 17.8 Å². The lowest BCUT2D eigenvalue weighted by atomic mass is 10.1. The molecule has 1 saturated heterocycles. The molecule has 9 heteroatoms. The fourth-order valence-corrected chi connectivity index (χ4v) is 4.53. The summed E-state index contributed by atoms with van der Waals surface area (Å²) < 4.78 is 17.4. The fraction of sp³-hybridized carbons (Fsp3) is 0.121. The smallest absolute Gasteiger partial charge is 0.335 e.